The summed E-state index contributed by atoms with van der Waals surface area (Å²) >= 11 is 0. The van der Waals surface area contributed by atoms with Gasteiger partial charge in [0.05, 0.1) is 26.2 Å². The van der Waals surface area contributed by atoms with Crippen LogP contribution in [0.2, 0.25) is 0 Å². The predicted molar refractivity (Wildman–Crippen MR) is 43.7 cm³/mol. The van der Waals surface area contributed by atoms with Crippen molar-refractivity contribution in [2.24, 2.45) is 0 Å². The molecule has 2 heterocycles. The van der Waals surface area contributed by atoms with Crippen LogP contribution in [0.3, 0.4) is 0 Å². The molecule has 0 radical (unpaired) electrons. The Morgan fingerprint density at radius 2 is 1.83 bits per heavy atom. The smallest absolute Gasteiger partial charge is 0.228 e. The number of nitrogens with zero attached hydrogens (tertiary/aromatic N) is 4. The van der Waals surface area contributed by atoms with Gasteiger partial charge in [-0.15, -0.1) is 0 Å². The number of hydrogen-bond donors (Lipinski definition) is 1. The van der Waals surface area contributed by atoms with Crippen molar-refractivity contribution in [2.45, 2.75) is 0 Å². The van der Waals surface area contributed by atoms with Crippen molar-refractivity contribution in [3.63, 3.8) is 0 Å². The normalized spacial score (nSPS) is 17.8. The van der Waals surface area contributed by atoms with Gasteiger partial charge in [0.15, 0.2) is 0 Å². The molecule has 0 bridgehead atoms. The molecule has 0 atom stereocenters. The van der Waals surface area contributed by atoms with Gasteiger partial charge in [0.1, 0.15) is 12.7 Å². The minimum absolute atomic E-state index is 0.804. The van der Waals surface area contributed by atoms with E-state index in [9.17, 15) is 0 Å². The maximum Gasteiger partial charge on any atom is 0.228 e. The molecule has 1 saturated heterocycles. The summed E-state index contributed by atoms with van der Waals surface area (Å²) in [5.74, 6) is 0.804. The molecule has 0 amide bonds. The van der Waals surface area contributed by atoms with Gasteiger partial charge >= 0.3 is 0 Å². The van der Waals surface area contributed by atoms with Crippen LogP contribution in [0.5, 0.6) is 0 Å². The van der Waals surface area contributed by atoms with Crippen LogP contribution in [0, 0.1) is 0 Å². The van der Waals surface area contributed by atoms with Crippen LogP contribution in [0.4, 0.5) is 5.95 Å². The Hall–Kier alpha value is -1.23. The van der Waals surface area contributed by atoms with E-state index in [-0.39, 0.29) is 0 Å². The summed E-state index contributed by atoms with van der Waals surface area (Å²) in [6.45, 7) is 4.32. The number of rotatable bonds is 1. The summed E-state index contributed by atoms with van der Waals surface area (Å²) in [5, 5.41) is 2.30. The van der Waals surface area contributed by atoms with E-state index >= 15 is 0 Å². The Morgan fingerprint density at radius 1 is 1.17 bits per heavy atom. The van der Waals surface area contributed by atoms with Crippen molar-refractivity contribution in [3.05, 3.63) is 12.7 Å². The average Bonchev–Trinajstić information content (AvgIpc) is 2.21. The van der Waals surface area contributed by atoms with Gasteiger partial charge in [0, 0.05) is 0 Å². The number of nitrogens with two attached hydrogens (primary N) is 1. The molecule has 1 aromatic heterocycles. The van der Waals surface area contributed by atoms with Crippen molar-refractivity contribution < 1.29 is 5.32 Å². The van der Waals surface area contributed by atoms with Gasteiger partial charge in [0.2, 0.25) is 5.95 Å². The van der Waals surface area contributed by atoms with Gasteiger partial charge in [-0.05, 0) is 0 Å². The van der Waals surface area contributed by atoms with E-state index < -0.39 is 0 Å². The lowest BCUT2D eigenvalue weighted by Crippen LogP contribution is -2.89. The second kappa shape index (κ2) is 3.44. The molecule has 0 saturated carbocycles. The number of piperazine rings is 1. The highest BCUT2D eigenvalue weighted by Gasteiger charge is 2.13. The van der Waals surface area contributed by atoms with E-state index in [1.165, 1.54) is 0 Å². The van der Waals surface area contributed by atoms with Crippen LogP contribution in [0.15, 0.2) is 12.7 Å². The van der Waals surface area contributed by atoms with E-state index in [0.29, 0.717) is 0 Å². The molecule has 1 aromatic rings. The summed E-state index contributed by atoms with van der Waals surface area (Å²) in [7, 11) is 0. The molecule has 64 valence electrons. The van der Waals surface area contributed by atoms with Gasteiger partial charge in [-0.1, -0.05) is 0 Å². The molecule has 1 fully saturated rings. The highest BCUT2D eigenvalue weighted by Crippen LogP contribution is 2.02. The molecular formula is C7H12N5+. The third-order valence-corrected chi connectivity index (χ3v) is 1.97. The Bertz CT molecular complexity index is 231. The first kappa shape index (κ1) is 7.42. The van der Waals surface area contributed by atoms with Crippen LogP contribution in [-0.2, 0) is 0 Å². The third kappa shape index (κ3) is 1.50. The maximum atomic E-state index is 4.09. The van der Waals surface area contributed by atoms with Gasteiger partial charge in [-0.2, -0.15) is 0 Å². The van der Waals surface area contributed by atoms with Crippen molar-refractivity contribution in [1.82, 2.24) is 15.0 Å². The van der Waals surface area contributed by atoms with Gasteiger partial charge < -0.3 is 10.2 Å². The summed E-state index contributed by atoms with van der Waals surface area (Å²) in [6.07, 6.45) is 3.08. The highest BCUT2D eigenvalue weighted by atomic mass is 15.3. The fraction of sp³-hybridized carbons (Fsp3) is 0.571. The maximum absolute atomic E-state index is 4.09. The second-order valence-corrected chi connectivity index (χ2v) is 2.79. The summed E-state index contributed by atoms with van der Waals surface area (Å²) in [5.41, 5.74) is 0. The monoisotopic (exact) mass is 166 g/mol. The molecular weight excluding hydrogens is 154 g/mol. The standard InChI is InChI=1S/C7H11N5/c1-3-12(4-2-8-1)7-10-5-9-6-11-7/h5-6,8H,1-4H2/p+1. The zero-order chi connectivity index (χ0) is 8.23. The Kier molecular flexibility index (Phi) is 2.13. The Balaban J connectivity index is 2.08. The molecule has 5 nitrogen and oxygen atoms in total. The van der Waals surface area contributed by atoms with Crippen molar-refractivity contribution >= 4 is 5.95 Å². The van der Waals surface area contributed by atoms with Gasteiger partial charge in [0.25, 0.3) is 0 Å². The molecule has 1 aliphatic heterocycles. The van der Waals surface area contributed by atoms with E-state index in [1.807, 2.05) is 0 Å². The molecule has 2 rings (SSSR count). The molecule has 1 aliphatic rings. The lowest BCUT2D eigenvalue weighted by atomic mass is 10.4. The lowest BCUT2D eigenvalue weighted by molar-refractivity contribution is -0.655. The molecule has 12 heavy (non-hydrogen) atoms. The van der Waals surface area contributed by atoms with Crippen LogP contribution in [-0.4, -0.2) is 41.1 Å². The molecule has 2 N–H and O–H groups in total. The van der Waals surface area contributed by atoms with Gasteiger partial charge in [-0.3, -0.25) is 0 Å². The third-order valence-electron chi connectivity index (χ3n) is 1.97. The van der Waals surface area contributed by atoms with Gasteiger partial charge in [-0.25, -0.2) is 15.0 Å². The fourth-order valence-electron chi connectivity index (χ4n) is 1.35. The van der Waals surface area contributed by atoms with Crippen molar-refractivity contribution in [3.8, 4) is 0 Å². The number of hydrogen-bond acceptors (Lipinski definition) is 4. The van der Waals surface area contributed by atoms with Crippen molar-refractivity contribution in [1.29, 1.82) is 0 Å². The summed E-state index contributed by atoms with van der Waals surface area (Å²) in [6, 6.07) is 0. The lowest BCUT2D eigenvalue weighted by Gasteiger charge is -2.24. The first-order valence-electron chi connectivity index (χ1n) is 4.15. The van der Waals surface area contributed by atoms with E-state index in [4.69, 9.17) is 0 Å². The SMILES string of the molecule is c1ncnc(N2CC[NH2+]CC2)n1. The minimum atomic E-state index is 0.804. The van der Waals surface area contributed by atoms with Crippen LogP contribution in [0.25, 0.3) is 0 Å². The van der Waals surface area contributed by atoms with Crippen LogP contribution in [0.1, 0.15) is 0 Å². The average molecular weight is 166 g/mol. The fourth-order valence-corrected chi connectivity index (χ4v) is 1.35. The molecule has 0 aromatic carbocycles. The molecule has 0 aliphatic carbocycles. The van der Waals surface area contributed by atoms with Crippen molar-refractivity contribution in [2.75, 3.05) is 31.1 Å². The quantitative estimate of drug-likeness (QED) is 0.538. The molecule has 0 unspecified atom stereocenters. The highest BCUT2D eigenvalue weighted by molar-refractivity contribution is 5.27. The first-order valence-corrected chi connectivity index (χ1v) is 4.15. The largest absolute Gasteiger partial charge is 0.343 e. The Morgan fingerprint density at radius 3 is 2.50 bits per heavy atom. The van der Waals surface area contributed by atoms with Crippen LogP contribution < -0.4 is 10.2 Å². The number of aromatic nitrogens is 3. The predicted octanol–water partition coefficient (Wildman–Crippen LogP) is -1.74. The number of anilines is 1. The zero-order valence-electron chi connectivity index (χ0n) is 6.85. The zero-order valence-corrected chi connectivity index (χ0v) is 6.85. The summed E-state index contributed by atoms with van der Waals surface area (Å²) < 4.78 is 0. The van der Waals surface area contributed by atoms with E-state index in [2.05, 4.69) is 25.2 Å². The Labute approximate surface area is 70.9 Å². The second-order valence-electron chi connectivity index (χ2n) is 2.79. The number of quaternary nitrogens is 1. The first-order chi connectivity index (χ1) is 5.97. The van der Waals surface area contributed by atoms with E-state index in [0.717, 1.165) is 32.1 Å². The topological polar surface area (TPSA) is 58.5 Å². The van der Waals surface area contributed by atoms with Crippen LogP contribution >= 0.6 is 0 Å². The molecule has 5 heteroatoms. The minimum Gasteiger partial charge on any atom is -0.343 e. The molecule has 0 spiro atoms. The summed E-state index contributed by atoms with van der Waals surface area (Å²) in [4.78, 5) is 14.2. The van der Waals surface area contributed by atoms with E-state index in [1.54, 1.807) is 12.7 Å².